The topological polar surface area (TPSA) is 69.7 Å². The molecule has 1 aromatic carbocycles. The SMILES string of the molecule is COC(=O)c1ccc2cc(C(=O)OCC#P=O)sc2c1. The van der Waals surface area contributed by atoms with Crippen molar-refractivity contribution in [2.75, 3.05) is 13.7 Å². The van der Waals surface area contributed by atoms with Crippen LogP contribution in [0.25, 0.3) is 10.1 Å². The number of rotatable bonds is 3. The minimum atomic E-state index is -0.512. The minimum absolute atomic E-state index is 0.133. The first-order chi connectivity index (χ1) is 9.65. The molecular weight excluding hydrogens is 299 g/mol. The van der Waals surface area contributed by atoms with E-state index in [9.17, 15) is 14.2 Å². The molecule has 0 aliphatic rings. The fraction of sp³-hybridized carbons (Fsp3) is 0.154. The van der Waals surface area contributed by atoms with Crippen molar-refractivity contribution in [3.8, 4) is 5.63 Å². The summed E-state index contributed by atoms with van der Waals surface area (Å²) in [6.45, 7) is -0.133. The van der Waals surface area contributed by atoms with Gasteiger partial charge >= 0.3 is 119 Å². The number of carbonyl (C=O) groups excluding carboxylic acids is 2. The van der Waals surface area contributed by atoms with Crippen LogP contribution in [0.3, 0.4) is 0 Å². The van der Waals surface area contributed by atoms with E-state index in [-0.39, 0.29) is 14.5 Å². The Labute approximate surface area is 119 Å². The van der Waals surface area contributed by atoms with Crippen molar-refractivity contribution in [3.63, 3.8) is 0 Å². The monoisotopic (exact) mass is 308 g/mol. The molecule has 0 aliphatic heterocycles. The van der Waals surface area contributed by atoms with E-state index in [1.165, 1.54) is 18.4 Å². The first-order valence-corrected chi connectivity index (χ1v) is 7.13. The van der Waals surface area contributed by atoms with E-state index < -0.39 is 11.9 Å². The molecule has 0 spiro atoms. The number of ether oxygens (including phenoxy) is 2. The number of hydrogen-bond acceptors (Lipinski definition) is 6. The molecule has 0 N–H and O–H groups in total. The molecule has 7 heteroatoms. The Bertz CT molecular complexity index is 774. The van der Waals surface area contributed by atoms with Crippen LogP contribution in [0, 0.1) is 5.63 Å². The molecule has 0 saturated heterocycles. The molecule has 0 aliphatic carbocycles. The second-order valence-corrected chi connectivity index (χ2v) is 5.26. The standard InChI is InChI=1S/C13H9O5PS/c1-17-12(14)9-3-2-8-6-11(20-10(8)7-9)13(15)18-4-5-19-16/h2-3,6-7H,4H2,1H3. The summed E-state index contributed by atoms with van der Waals surface area (Å²) in [4.78, 5) is 23.5. The van der Waals surface area contributed by atoms with Crippen LogP contribution in [-0.4, -0.2) is 25.7 Å². The molecule has 2 rings (SSSR count). The summed E-state index contributed by atoms with van der Waals surface area (Å²) >= 11 is 1.21. The number of thiophene rings is 1. The van der Waals surface area contributed by atoms with Crippen LogP contribution in [0.4, 0.5) is 0 Å². The zero-order valence-electron chi connectivity index (χ0n) is 10.4. The van der Waals surface area contributed by atoms with Crippen LogP contribution in [0.2, 0.25) is 0 Å². The predicted octanol–water partition coefficient (Wildman–Crippen LogP) is 3.10. The van der Waals surface area contributed by atoms with Gasteiger partial charge in [0.15, 0.2) is 0 Å². The molecule has 0 radical (unpaired) electrons. The molecule has 0 fully saturated rings. The van der Waals surface area contributed by atoms with E-state index >= 15 is 0 Å². The van der Waals surface area contributed by atoms with Gasteiger partial charge < -0.3 is 0 Å². The molecule has 20 heavy (non-hydrogen) atoms. The third kappa shape index (κ3) is 3.17. The maximum absolute atomic E-state index is 11.7. The zero-order chi connectivity index (χ0) is 14.5. The number of methoxy groups -OCH3 is 1. The Morgan fingerprint density at radius 1 is 1.30 bits per heavy atom. The van der Waals surface area contributed by atoms with Gasteiger partial charge in [0.25, 0.3) is 0 Å². The second kappa shape index (κ2) is 6.53. The molecular formula is C13H9O5PS. The Kier molecular flexibility index (Phi) is 4.74. The molecule has 5 nitrogen and oxygen atoms in total. The van der Waals surface area contributed by atoms with Crippen molar-refractivity contribution < 1.29 is 23.6 Å². The fourth-order valence-corrected chi connectivity index (χ4v) is 2.68. The maximum atomic E-state index is 11.7. The van der Waals surface area contributed by atoms with Gasteiger partial charge in [-0.25, -0.2) is 0 Å². The zero-order valence-corrected chi connectivity index (χ0v) is 12.1. The van der Waals surface area contributed by atoms with E-state index in [2.05, 4.69) is 10.4 Å². The van der Waals surface area contributed by atoms with Gasteiger partial charge in [0.1, 0.15) is 0 Å². The number of fused-ring (bicyclic) bond motifs is 1. The van der Waals surface area contributed by atoms with E-state index in [1.807, 2.05) is 0 Å². The van der Waals surface area contributed by atoms with Gasteiger partial charge in [-0.1, -0.05) is 0 Å². The Balaban J connectivity index is 2.28. The van der Waals surface area contributed by atoms with Crippen molar-refractivity contribution in [2.45, 2.75) is 0 Å². The van der Waals surface area contributed by atoms with Crippen molar-refractivity contribution >= 4 is 41.3 Å². The summed E-state index contributed by atoms with van der Waals surface area (Å²) in [5.74, 6) is -0.940. The van der Waals surface area contributed by atoms with E-state index in [1.54, 1.807) is 24.3 Å². The number of carbonyl (C=O) groups is 2. The summed E-state index contributed by atoms with van der Waals surface area (Å²) in [5, 5.41) is 0.838. The van der Waals surface area contributed by atoms with Crippen LogP contribution in [0.5, 0.6) is 0 Å². The van der Waals surface area contributed by atoms with Crippen molar-refractivity contribution in [2.24, 2.45) is 0 Å². The summed E-state index contributed by atoms with van der Waals surface area (Å²) < 4.78 is 20.4. The van der Waals surface area contributed by atoms with Gasteiger partial charge in [-0.05, 0) is 0 Å². The van der Waals surface area contributed by atoms with Crippen LogP contribution in [0.1, 0.15) is 20.0 Å². The van der Waals surface area contributed by atoms with E-state index in [0.29, 0.717) is 10.4 Å². The molecule has 1 aromatic heterocycles. The summed E-state index contributed by atoms with van der Waals surface area (Å²) in [6, 6.07) is 6.71. The van der Waals surface area contributed by atoms with Crippen LogP contribution < -0.4 is 0 Å². The summed E-state index contributed by atoms with van der Waals surface area (Å²) in [7, 11) is 1.01. The Morgan fingerprint density at radius 3 is 2.80 bits per heavy atom. The van der Waals surface area contributed by atoms with Gasteiger partial charge in [-0.2, -0.15) is 0 Å². The molecule has 0 saturated carbocycles. The average molecular weight is 308 g/mol. The third-order valence-corrected chi connectivity index (χ3v) is 3.81. The van der Waals surface area contributed by atoms with Gasteiger partial charge in [-0.3, -0.25) is 0 Å². The number of hydrogen-bond donors (Lipinski definition) is 0. The Morgan fingerprint density at radius 2 is 2.10 bits per heavy atom. The van der Waals surface area contributed by atoms with E-state index in [0.717, 1.165) is 10.1 Å². The predicted molar refractivity (Wildman–Crippen MR) is 74.9 cm³/mol. The number of benzene rings is 1. The normalized spacial score (nSPS) is 9.85. The Hall–Kier alpha value is -1.87. The first kappa shape index (κ1) is 14.5. The first-order valence-electron chi connectivity index (χ1n) is 5.50. The van der Waals surface area contributed by atoms with Gasteiger partial charge in [0, 0.05) is 0 Å². The van der Waals surface area contributed by atoms with Crippen molar-refractivity contribution in [1.82, 2.24) is 0 Å². The second-order valence-electron chi connectivity index (χ2n) is 3.68. The molecule has 1 heterocycles. The van der Waals surface area contributed by atoms with Gasteiger partial charge in [0.05, 0.1) is 0 Å². The summed E-state index contributed by atoms with van der Waals surface area (Å²) in [6.07, 6.45) is 0. The molecule has 0 unspecified atom stereocenters. The van der Waals surface area contributed by atoms with Crippen LogP contribution in [-0.2, 0) is 14.0 Å². The molecule has 0 bridgehead atoms. The molecule has 102 valence electrons. The van der Waals surface area contributed by atoms with Crippen molar-refractivity contribution in [3.05, 3.63) is 34.7 Å². The van der Waals surface area contributed by atoms with Crippen LogP contribution >= 0.6 is 19.3 Å². The number of esters is 2. The molecule has 0 amide bonds. The third-order valence-electron chi connectivity index (χ3n) is 2.47. The molecule has 0 atom stereocenters. The van der Waals surface area contributed by atoms with Gasteiger partial charge in [-0.15, -0.1) is 0 Å². The van der Waals surface area contributed by atoms with E-state index in [4.69, 9.17) is 4.74 Å². The molecule has 2 aromatic rings. The van der Waals surface area contributed by atoms with Crippen LogP contribution in [0.15, 0.2) is 24.3 Å². The quantitative estimate of drug-likeness (QED) is 0.643. The van der Waals surface area contributed by atoms with Crippen molar-refractivity contribution in [1.29, 1.82) is 0 Å². The van der Waals surface area contributed by atoms with Gasteiger partial charge in [0.2, 0.25) is 0 Å². The summed E-state index contributed by atoms with van der Waals surface area (Å²) in [5.41, 5.74) is 2.76. The average Bonchev–Trinajstić information content (AvgIpc) is 2.89. The fourth-order valence-electron chi connectivity index (χ4n) is 1.57.